The molecule has 2 heterocycles. The molecule has 0 saturated heterocycles. The summed E-state index contributed by atoms with van der Waals surface area (Å²) in [5.41, 5.74) is 7.24. The van der Waals surface area contributed by atoms with Gasteiger partial charge in [-0.15, -0.1) is 4.37 Å². The van der Waals surface area contributed by atoms with E-state index in [0.29, 0.717) is 23.7 Å². The van der Waals surface area contributed by atoms with Gasteiger partial charge in [-0.25, -0.2) is 0 Å². The summed E-state index contributed by atoms with van der Waals surface area (Å²) in [6, 6.07) is 0. The molecule has 1 aliphatic heterocycles. The molecule has 140 valence electrons. The molecule has 2 N–H and O–H groups in total. The fraction of sp³-hybridized carbons (Fsp3) is 0.706. The predicted octanol–water partition coefficient (Wildman–Crippen LogP) is 2.19. The molecule has 1 unspecified atom stereocenters. The number of rotatable bonds is 10. The van der Waals surface area contributed by atoms with Crippen molar-refractivity contribution in [3.63, 3.8) is 0 Å². The van der Waals surface area contributed by atoms with Crippen LogP contribution in [0.2, 0.25) is 0 Å². The fourth-order valence-corrected chi connectivity index (χ4v) is 3.37. The quantitative estimate of drug-likeness (QED) is 0.386. The second-order valence-corrected chi connectivity index (χ2v) is 7.22. The largest absolute Gasteiger partial charge is 0.475 e. The highest BCUT2D eigenvalue weighted by atomic mass is 32.1. The van der Waals surface area contributed by atoms with Gasteiger partial charge < -0.3 is 15.2 Å². The number of likely N-dealkylation sites (N-methyl/N-ethyl adjacent to an activating group) is 1. The van der Waals surface area contributed by atoms with E-state index in [4.69, 9.17) is 15.2 Å². The molecule has 0 radical (unpaired) electrons. The average Bonchev–Trinajstić information content (AvgIpc) is 3.08. The zero-order chi connectivity index (χ0) is 18.1. The lowest BCUT2D eigenvalue weighted by atomic mass is 10.1. The molecule has 8 heteroatoms. The Kier molecular flexibility index (Phi) is 7.80. The summed E-state index contributed by atoms with van der Waals surface area (Å²) < 4.78 is 20.4. The first-order chi connectivity index (χ1) is 12.1. The van der Waals surface area contributed by atoms with Gasteiger partial charge in [-0.1, -0.05) is 32.3 Å². The van der Waals surface area contributed by atoms with Crippen molar-refractivity contribution in [3.8, 4) is 5.88 Å². The number of carbonyl (C=O) groups excluding carboxylic acids is 1. The van der Waals surface area contributed by atoms with Crippen LogP contribution in [0.4, 0.5) is 0 Å². The summed E-state index contributed by atoms with van der Waals surface area (Å²) in [6.07, 6.45) is 7.74. The van der Waals surface area contributed by atoms with Crippen LogP contribution in [0.3, 0.4) is 0 Å². The van der Waals surface area contributed by atoms with Gasteiger partial charge in [-0.2, -0.15) is 4.37 Å². The van der Waals surface area contributed by atoms with Gasteiger partial charge in [-0.05, 0) is 6.42 Å². The molecule has 0 fully saturated rings. The van der Waals surface area contributed by atoms with Crippen molar-refractivity contribution in [2.45, 2.75) is 39.0 Å². The van der Waals surface area contributed by atoms with Crippen LogP contribution in [0.5, 0.6) is 5.88 Å². The Morgan fingerprint density at radius 2 is 2.20 bits per heavy atom. The topological polar surface area (TPSA) is 87.3 Å². The van der Waals surface area contributed by atoms with Crippen LogP contribution >= 0.6 is 11.7 Å². The molecule has 0 amide bonds. The van der Waals surface area contributed by atoms with E-state index >= 15 is 0 Å². The Hall–Kier alpha value is -1.51. The Bertz CT molecular complexity index is 590. The minimum absolute atomic E-state index is 0.0886. The number of hydrogen-bond acceptors (Lipinski definition) is 7. The van der Waals surface area contributed by atoms with Crippen molar-refractivity contribution in [1.82, 2.24) is 8.75 Å². The van der Waals surface area contributed by atoms with Crippen LogP contribution in [0.25, 0.3) is 5.57 Å². The van der Waals surface area contributed by atoms with Crippen molar-refractivity contribution in [2.75, 3.05) is 40.0 Å². The minimum Gasteiger partial charge on any atom is -0.475 e. The van der Waals surface area contributed by atoms with E-state index in [9.17, 15) is 4.79 Å². The Morgan fingerprint density at radius 1 is 1.36 bits per heavy atom. The number of ether oxygens (including phenoxy) is 2. The van der Waals surface area contributed by atoms with Crippen LogP contribution in [0.1, 0.15) is 44.7 Å². The maximum atomic E-state index is 11.3. The number of unbranched alkanes of at least 4 members (excludes halogenated alkanes) is 3. The maximum Gasteiger partial charge on any atom is 0.323 e. The first kappa shape index (κ1) is 19.8. The van der Waals surface area contributed by atoms with E-state index in [0.717, 1.165) is 37.2 Å². The number of aromatic nitrogens is 2. The maximum absolute atomic E-state index is 11.3. The normalized spacial score (nSPS) is 20.2. The van der Waals surface area contributed by atoms with Gasteiger partial charge in [-0.3, -0.25) is 9.28 Å². The van der Waals surface area contributed by atoms with E-state index in [1.54, 1.807) is 0 Å². The Balaban J connectivity index is 1.93. The van der Waals surface area contributed by atoms with Gasteiger partial charge in [0, 0.05) is 12.0 Å². The van der Waals surface area contributed by atoms with Crippen molar-refractivity contribution in [3.05, 3.63) is 11.8 Å². The summed E-state index contributed by atoms with van der Waals surface area (Å²) in [7, 11) is 2.07. The third-order valence-electron chi connectivity index (χ3n) is 4.31. The molecule has 0 spiro atoms. The van der Waals surface area contributed by atoms with Crippen LogP contribution in [0.15, 0.2) is 6.08 Å². The van der Waals surface area contributed by atoms with Crippen LogP contribution in [-0.4, -0.2) is 59.2 Å². The summed E-state index contributed by atoms with van der Waals surface area (Å²) in [6.45, 7) is 4.74. The highest BCUT2D eigenvalue weighted by Crippen LogP contribution is 2.29. The molecule has 1 aromatic rings. The fourth-order valence-electron chi connectivity index (χ4n) is 2.84. The zero-order valence-corrected chi connectivity index (χ0v) is 16.0. The Labute approximate surface area is 153 Å². The second-order valence-electron chi connectivity index (χ2n) is 6.70. The lowest BCUT2D eigenvalue weighted by Crippen LogP contribution is -2.49. The lowest BCUT2D eigenvalue weighted by molar-refractivity contribution is -0.919. The van der Waals surface area contributed by atoms with Crippen molar-refractivity contribution in [1.29, 1.82) is 0 Å². The standard InChI is InChI=1S/C17H29N4O3S/c1-3-4-5-6-10-23-17-16(19-25-20-17)14-8-7-9-21(2,12-14)13-24-15(22)11-18/h8H,3-7,9-13,18H2,1-2H3/q+1. The van der Waals surface area contributed by atoms with E-state index < -0.39 is 0 Å². The summed E-state index contributed by atoms with van der Waals surface area (Å²) >= 11 is 1.18. The summed E-state index contributed by atoms with van der Waals surface area (Å²) in [5.74, 6) is 0.252. The van der Waals surface area contributed by atoms with Gasteiger partial charge in [0.2, 0.25) is 6.73 Å². The van der Waals surface area contributed by atoms with Crippen molar-refractivity contribution in [2.24, 2.45) is 5.73 Å². The smallest absolute Gasteiger partial charge is 0.323 e. The third-order valence-corrected chi connectivity index (χ3v) is 4.83. The molecule has 1 aliphatic rings. The van der Waals surface area contributed by atoms with Gasteiger partial charge in [0.1, 0.15) is 12.2 Å². The SMILES string of the molecule is CCCCCCOc1nsnc1C1=CCC[N+](C)(COC(=O)CN)C1. The molecule has 1 atom stereocenters. The van der Waals surface area contributed by atoms with Crippen molar-refractivity contribution >= 4 is 23.3 Å². The van der Waals surface area contributed by atoms with E-state index in [1.165, 1.54) is 31.0 Å². The van der Waals surface area contributed by atoms with Gasteiger partial charge in [0.25, 0.3) is 5.88 Å². The molecule has 2 rings (SSSR count). The monoisotopic (exact) mass is 369 g/mol. The number of esters is 1. The first-order valence-corrected chi connectivity index (χ1v) is 9.65. The van der Waals surface area contributed by atoms with E-state index in [-0.39, 0.29) is 12.5 Å². The van der Waals surface area contributed by atoms with Crippen LogP contribution in [0, 0.1) is 0 Å². The zero-order valence-electron chi connectivity index (χ0n) is 15.2. The number of nitrogens with zero attached hydrogens (tertiary/aromatic N) is 3. The average molecular weight is 370 g/mol. The molecular weight excluding hydrogens is 340 g/mol. The van der Waals surface area contributed by atoms with E-state index in [2.05, 4.69) is 28.8 Å². The molecule has 0 aliphatic carbocycles. The number of carbonyl (C=O) groups is 1. The van der Waals surface area contributed by atoms with Gasteiger partial charge >= 0.3 is 5.97 Å². The minimum atomic E-state index is -0.373. The predicted molar refractivity (Wildman–Crippen MR) is 98.1 cm³/mol. The van der Waals surface area contributed by atoms with Gasteiger partial charge in [0.15, 0.2) is 0 Å². The number of quaternary nitrogens is 1. The summed E-state index contributed by atoms with van der Waals surface area (Å²) in [5, 5.41) is 0. The molecule has 25 heavy (non-hydrogen) atoms. The van der Waals surface area contributed by atoms with E-state index in [1.807, 2.05) is 0 Å². The highest BCUT2D eigenvalue weighted by Gasteiger charge is 2.31. The molecule has 0 saturated carbocycles. The molecule has 7 nitrogen and oxygen atoms in total. The first-order valence-electron chi connectivity index (χ1n) is 8.92. The molecular formula is C17H29N4O3S+. The van der Waals surface area contributed by atoms with Gasteiger partial charge in [0.05, 0.1) is 38.5 Å². The van der Waals surface area contributed by atoms with Crippen molar-refractivity contribution < 1.29 is 18.8 Å². The second kappa shape index (κ2) is 9.84. The molecule has 0 bridgehead atoms. The van der Waals surface area contributed by atoms with Crippen LogP contribution in [-0.2, 0) is 9.53 Å². The summed E-state index contributed by atoms with van der Waals surface area (Å²) in [4.78, 5) is 11.3. The lowest BCUT2D eigenvalue weighted by Gasteiger charge is -2.36. The number of nitrogens with two attached hydrogens (primary N) is 1. The third kappa shape index (κ3) is 6.05. The number of hydrogen-bond donors (Lipinski definition) is 1. The highest BCUT2D eigenvalue weighted by molar-refractivity contribution is 6.99. The molecule has 1 aromatic heterocycles. The molecule has 0 aromatic carbocycles. The Morgan fingerprint density at radius 3 is 2.96 bits per heavy atom. The van der Waals surface area contributed by atoms with Crippen LogP contribution < -0.4 is 10.5 Å².